The van der Waals surface area contributed by atoms with Crippen LogP contribution in [0.15, 0.2) is 24.3 Å². The first kappa shape index (κ1) is 12.2. The van der Waals surface area contributed by atoms with Crippen molar-refractivity contribution < 1.29 is 9.90 Å². The molecule has 0 amide bonds. The zero-order valence-electron chi connectivity index (χ0n) is 8.07. The van der Waals surface area contributed by atoms with Crippen molar-refractivity contribution in [3.05, 3.63) is 33.5 Å². The Hall–Kier alpha value is -0.840. The van der Waals surface area contributed by atoms with Crippen molar-refractivity contribution in [1.82, 2.24) is 5.32 Å². The number of halogens is 1. The molecule has 0 radical (unpaired) electrons. The van der Waals surface area contributed by atoms with Crippen LogP contribution in [0.2, 0.25) is 4.34 Å². The minimum Gasteiger partial charge on any atom is -0.478 e. The molecule has 0 aromatic carbocycles. The third-order valence-corrected chi connectivity index (χ3v) is 2.99. The van der Waals surface area contributed by atoms with Gasteiger partial charge >= 0.3 is 5.97 Å². The van der Waals surface area contributed by atoms with Gasteiger partial charge < -0.3 is 10.4 Å². The first-order chi connectivity index (χ1) is 7.18. The zero-order valence-corrected chi connectivity index (χ0v) is 9.64. The van der Waals surface area contributed by atoms with Gasteiger partial charge in [-0.25, -0.2) is 4.79 Å². The van der Waals surface area contributed by atoms with Crippen molar-refractivity contribution in [1.29, 1.82) is 0 Å². The van der Waals surface area contributed by atoms with Crippen LogP contribution < -0.4 is 5.32 Å². The van der Waals surface area contributed by atoms with Crippen molar-refractivity contribution in [3.8, 4) is 0 Å². The Bertz CT molecular complexity index is 349. The van der Waals surface area contributed by atoms with Crippen LogP contribution in [0.25, 0.3) is 0 Å². The van der Waals surface area contributed by atoms with E-state index in [0.717, 1.165) is 23.4 Å². The largest absolute Gasteiger partial charge is 0.478 e. The number of rotatable bonds is 6. The van der Waals surface area contributed by atoms with E-state index in [1.54, 1.807) is 17.4 Å². The summed E-state index contributed by atoms with van der Waals surface area (Å²) in [6, 6.07) is 3.88. The van der Waals surface area contributed by atoms with E-state index in [1.807, 2.05) is 12.1 Å². The topological polar surface area (TPSA) is 49.3 Å². The van der Waals surface area contributed by atoms with Crippen molar-refractivity contribution in [2.45, 2.75) is 6.42 Å². The van der Waals surface area contributed by atoms with Crippen LogP contribution in [-0.4, -0.2) is 24.2 Å². The summed E-state index contributed by atoms with van der Waals surface area (Å²) in [6.07, 6.45) is 3.64. The molecule has 3 nitrogen and oxygen atoms in total. The highest BCUT2D eigenvalue weighted by Gasteiger charge is 1.96. The molecule has 1 heterocycles. The minimum absolute atomic E-state index is 0.575. The van der Waals surface area contributed by atoms with E-state index < -0.39 is 5.97 Å². The minimum atomic E-state index is -0.915. The normalized spacial score (nSPS) is 11.0. The lowest BCUT2D eigenvalue weighted by Crippen LogP contribution is -2.16. The van der Waals surface area contributed by atoms with E-state index in [0.29, 0.717) is 6.54 Å². The molecule has 0 saturated heterocycles. The van der Waals surface area contributed by atoms with E-state index in [4.69, 9.17) is 16.7 Å². The summed E-state index contributed by atoms with van der Waals surface area (Å²) in [5.74, 6) is -0.915. The lowest BCUT2D eigenvalue weighted by molar-refractivity contribution is -0.131. The standard InChI is InChI=1S/C10H12ClNO2S/c11-9-4-3-8(15-9)5-7-12-6-1-2-10(13)14/h1-4,12H,5-7H2,(H,13,14)/b2-1+. The molecule has 0 aliphatic heterocycles. The van der Waals surface area contributed by atoms with Crippen LogP contribution in [0.1, 0.15) is 4.88 Å². The van der Waals surface area contributed by atoms with E-state index in [9.17, 15) is 4.79 Å². The summed E-state index contributed by atoms with van der Waals surface area (Å²) in [5, 5.41) is 11.4. The van der Waals surface area contributed by atoms with Gasteiger partial charge in [-0.05, 0) is 18.6 Å². The highest BCUT2D eigenvalue weighted by molar-refractivity contribution is 7.16. The molecule has 0 bridgehead atoms. The zero-order chi connectivity index (χ0) is 11.1. The molecular formula is C10H12ClNO2S. The van der Waals surface area contributed by atoms with Gasteiger partial charge in [-0.3, -0.25) is 0 Å². The van der Waals surface area contributed by atoms with Crippen LogP contribution in [0.3, 0.4) is 0 Å². The summed E-state index contributed by atoms with van der Waals surface area (Å²) in [6.45, 7) is 1.40. The molecule has 0 aliphatic rings. The Labute approximate surface area is 97.4 Å². The predicted octanol–water partition coefficient (Wildman–Crippen LogP) is 2.17. The number of hydrogen-bond donors (Lipinski definition) is 2. The fourth-order valence-electron chi connectivity index (χ4n) is 1.04. The molecule has 0 spiro atoms. The molecular weight excluding hydrogens is 234 g/mol. The van der Waals surface area contributed by atoms with Crippen LogP contribution in [0.5, 0.6) is 0 Å². The maximum absolute atomic E-state index is 10.1. The SMILES string of the molecule is O=C(O)/C=C/CNCCc1ccc(Cl)s1. The molecule has 1 aromatic rings. The molecule has 0 aliphatic carbocycles. The maximum Gasteiger partial charge on any atom is 0.328 e. The lowest BCUT2D eigenvalue weighted by atomic mass is 10.3. The third-order valence-electron chi connectivity index (χ3n) is 1.70. The van der Waals surface area contributed by atoms with Crippen molar-refractivity contribution >= 4 is 28.9 Å². The molecule has 2 N–H and O–H groups in total. The van der Waals surface area contributed by atoms with E-state index in [-0.39, 0.29) is 0 Å². The van der Waals surface area contributed by atoms with Crippen molar-refractivity contribution in [3.63, 3.8) is 0 Å². The average Bonchev–Trinajstić information content (AvgIpc) is 2.57. The number of thiophene rings is 1. The Morgan fingerprint density at radius 2 is 2.40 bits per heavy atom. The van der Waals surface area contributed by atoms with Crippen LogP contribution in [0.4, 0.5) is 0 Å². The van der Waals surface area contributed by atoms with Crippen molar-refractivity contribution in [2.24, 2.45) is 0 Å². The van der Waals surface area contributed by atoms with Crippen LogP contribution in [-0.2, 0) is 11.2 Å². The van der Waals surface area contributed by atoms with E-state index in [2.05, 4.69) is 5.32 Å². The van der Waals surface area contributed by atoms with Gasteiger partial charge in [-0.2, -0.15) is 0 Å². The van der Waals surface area contributed by atoms with Crippen LogP contribution >= 0.6 is 22.9 Å². The Morgan fingerprint density at radius 1 is 1.60 bits per heavy atom. The Morgan fingerprint density at radius 3 is 3.00 bits per heavy atom. The molecule has 0 atom stereocenters. The van der Waals surface area contributed by atoms with Crippen molar-refractivity contribution in [2.75, 3.05) is 13.1 Å². The second-order valence-corrected chi connectivity index (χ2v) is 4.70. The van der Waals surface area contributed by atoms with Gasteiger partial charge in [0, 0.05) is 24.0 Å². The van der Waals surface area contributed by atoms with E-state index in [1.165, 1.54) is 4.88 Å². The molecule has 1 aromatic heterocycles. The molecule has 5 heteroatoms. The maximum atomic E-state index is 10.1. The number of nitrogens with one attached hydrogen (secondary N) is 1. The number of hydrogen-bond acceptors (Lipinski definition) is 3. The second kappa shape index (κ2) is 6.61. The second-order valence-electron chi connectivity index (χ2n) is 2.90. The van der Waals surface area contributed by atoms with Gasteiger partial charge in [-0.1, -0.05) is 17.7 Å². The Balaban J connectivity index is 2.09. The van der Waals surface area contributed by atoms with Gasteiger partial charge in [0.05, 0.1) is 4.34 Å². The molecule has 15 heavy (non-hydrogen) atoms. The average molecular weight is 246 g/mol. The molecule has 0 fully saturated rings. The smallest absolute Gasteiger partial charge is 0.328 e. The fraction of sp³-hybridized carbons (Fsp3) is 0.300. The summed E-state index contributed by atoms with van der Waals surface area (Å²) in [5.41, 5.74) is 0. The fourth-order valence-corrected chi connectivity index (χ4v) is 2.13. The lowest BCUT2D eigenvalue weighted by Gasteiger charge is -1.98. The first-order valence-electron chi connectivity index (χ1n) is 4.53. The molecule has 82 valence electrons. The van der Waals surface area contributed by atoms with Crippen LogP contribution in [0, 0.1) is 0 Å². The van der Waals surface area contributed by atoms with Gasteiger partial charge in [-0.15, -0.1) is 11.3 Å². The number of carboxylic acids is 1. The van der Waals surface area contributed by atoms with Gasteiger partial charge in [0.1, 0.15) is 0 Å². The number of carbonyl (C=O) groups is 1. The van der Waals surface area contributed by atoms with E-state index >= 15 is 0 Å². The van der Waals surface area contributed by atoms with Gasteiger partial charge in [0.2, 0.25) is 0 Å². The molecule has 1 rings (SSSR count). The van der Waals surface area contributed by atoms with Gasteiger partial charge in [0.15, 0.2) is 0 Å². The quantitative estimate of drug-likeness (QED) is 0.597. The first-order valence-corrected chi connectivity index (χ1v) is 5.72. The molecule has 0 unspecified atom stereocenters. The monoisotopic (exact) mass is 245 g/mol. The summed E-state index contributed by atoms with van der Waals surface area (Å²) in [4.78, 5) is 11.4. The number of aliphatic carboxylic acids is 1. The summed E-state index contributed by atoms with van der Waals surface area (Å²) < 4.78 is 0.802. The van der Waals surface area contributed by atoms with Gasteiger partial charge in [0.25, 0.3) is 0 Å². The molecule has 0 saturated carbocycles. The summed E-state index contributed by atoms with van der Waals surface area (Å²) in [7, 11) is 0. The highest BCUT2D eigenvalue weighted by atomic mass is 35.5. The predicted molar refractivity (Wildman–Crippen MR) is 62.7 cm³/mol. The third kappa shape index (κ3) is 5.57. The highest BCUT2D eigenvalue weighted by Crippen LogP contribution is 2.21. The summed E-state index contributed by atoms with van der Waals surface area (Å²) >= 11 is 7.35. The number of carboxylic acid groups (broad SMARTS) is 1. The Kier molecular flexibility index (Phi) is 5.39.